The molecule has 0 radical (unpaired) electrons. The maximum absolute atomic E-state index is 6.52. The SMILES string of the molecule is CN1CCN(c2nc3cc(Cl)ccc3c(-c3ccccc3)c2-c2cc(-c3ccccc3)c3ccc(Cl)cc3n2)CC1. The second-order valence-corrected chi connectivity index (χ2v) is 11.5. The number of piperazine rings is 1. The standard InChI is InChI=1S/C35H28Cl2N4/c1-40-16-18-41(19-17-40)35-34(33(24-10-6-3-7-11-24)28-15-13-26(37)21-31(28)39-35)32-22-29(23-8-4-2-5-9-23)27-14-12-25(36)20-30(27)38-32/h2-15,20-22H,16-19H2,1H3. The topological polar surface area (TPSA) is 32.3 Å². The zero-order valence-electron chi connectivity index (χ0n) is 22.7. The summed E-state index contributed by atoms with van der Waals surface area (Å²) in [7, 11) is 2.17. The summed E-state index contributed by atoms with van der Waals surface area (Å²) in [5.74, 6) is 0.930. The summed E-state index contributed by atoms with van der Waals surface area (Å²) in [6.07, 6.45) is 0. The van der Waals surface area contributed by atoms with Gasteiger partial charge < -0.3 is 9.80 Å². The maximum atomic E-state index is 6.52. The number of anilines is 1. The highest BCUT2D eigenvalue weighted by molar-refractivity contribution is 6.32. The molecule has 4 aromatic carbocycles. The molecule has 0 saturated carbocycles. The average molecular weight is 576 g/mol. The molecule has 1 aliphatic heterocycles. The largest absolute Gasteiger partial charge is 0.353 e. The fourth-order valence-electron chi connectivity index (χ4n) is 5.81. The molecule has 1 fully saturated rings. The molecule has 41 heavy (non-hydrogen) atoms. The summed E-state index contributed by atoms with van der Waals surface area (Å²) in [5.41, 5.74) is 8.09. The van der Waals surface area contributed by atoms with Crippen LogP contribution in [0.15, 0.2) is 103 Å². The summed E-state index contributed by atoms with van der Waals surface area (Å²) in [5, 5.41) is 3.44. The third-order valence-electron chi connectivity index (χ3n) is 7.91. The molecule has 2 aromatic heterocycles. The van der Waals surface area contributed by atoms with Crippen LogP contribution < -0.4 is 4.90 Å². The molecule has 6 aromatic rings. The molecule has 4 nitrogen and oxygen atoms in total. The lowest BCUT2D eigenvalue weighted by atomic mass is 9.91. The monoisotopic (exact) mass is 574 g/mol. The van der Waals surface area contributed by atoms with Crippen molar-refractivity contribution >= 4 is 50.8 Å². The van der Waals surface area contributed by atoms with Crippen molar-refractivity contribution in [2.75, 3.05) is 38.1 Å². The third kappa shape index (κ3) is 4.93. The van der Waals surface area contributed by atoms with Gasteiger partial charge in [-0.05, 0) is 54.1 Å². The predicted molar refractivity (Wildman–Crippen MR) is 173 cm³/mol. The summed E-state index contributed by atoms with van der Waals surface area (Å²) in [6, 6.07) is 35.2. The van der Waals surface area contributed by atoms with Crippen LogP contribution >= 0.6 is 23.2 Å². The summed E-state index contributed by atoms with van der Waals surface area (Å²) in [6.45, 7) is 3.68. The highest BCUT2D eigenvalue weighted by Crippen LogP contribution is 2.45. The lowest BCUT2D eigenvalue weighted by Gasteiger charge is -2.35. The first kappa shape index (κ1) is 26.0. The minimum absolute atomic E-state index is 0.662. The molecule has 0 N–H and O–H groups in total. The highest BCUT2D eigenvalue weighted by Gasteiger charge is 2.26. The van der Waals surface area contributed by atoms with Crippen molar-refractivity contribution in [1.29, 1.82) is 0 Å². The normalized spacial score (nSPS) is 14.2. The number of aromatic nitrogens is 2. The van der Waals surface area contributed by atoms with Gasteiger partial charge in [0.15, 0.2) is 0 Å². The average Bonchev–Trinajstić information content (AvgIpc) is 3.00. The number of hydrogen-bond acceptors (Lipinski definition) is 4. The number of hydrogen-bond donors (Lipinski definition) is 0. The molecule has 202 valence electrons. The second kappa shape index (κ2) is 10.8. The molecule has 0 aliphatic carbocycles. The minimum atomic E-state index is 0.662. The molecule has 7 rings (SSSR count). The van der Waals surface area contributed by atoms with Crippen LogP contribution in [0.5, 0.6) is 0 Å². The van der Waals surface area contributed by atoms with Crippen molar-refractivity contribution in [1.82, 2.24) is 14.9 Å². The summed E-state index contributed by atoms with van der Waals surface area (Å²) >= 11 is 13.0. The van der Waals surface area contributed by atoms with E-state index in [-0.39, 0.29) is 0 Å². The Labute approximate surface area is 249 Å². The third-order valence-corrected chi connectivity index (χ3v) is 8.38. The molecule has 1 saturated heterocycles. The van der Waals surface area contributed by atoms with E-state index in [1.54, 1.807) is 0 Å². The van der Waals surface area contributed by atoms with Gasteiger partial charge in [0.25, 0.3) is 0 Å². The summed E-state index contributed by atoms with van der Waals surface area (Å²) < 4.78 is 0. The zero-order chi connectivity index (χ0) is 27.9. The number of rotatable bonds is 4. The van der Waals surface area contributed by atoms with Crippen molar-refractivity contribution < 1.29 is 0 Å². The van der Waals surface area contributed by atoms with Crippen LogP contribution in [0.3, 0.4) is 0 Å². The molecule has 6 heteroatoms. The van der Waals surface area contributed by atoms with Gasteiger partial charge in [0, 0.05) is 52.6 Å². The van der Waals surface area contributed by atoms with E-state index in [0.717, 1.165) is 87.3 Å². The number of halogens is 2. The van der Waals surface area contributed by atoms with Crippen molar-refractivity contribution in [2.45, 2.75) is 0 Å². The Morgan fingerprint density at radius 3 is 1.83 bits per heavy atom. The van der Waals surface area contributed by atoms with Gasteiger partial charge in [0.05, 0.1) is 22.3 Å². The zero-order valence-corrected chi connectivity index (χ0v) is 24.2. The van der Waals surface area contributed by atoms with Crippen molar-refractivity contribution in [3.63, 3.8) is 0 Å². The number of pyridine rings is 2. The van der Waals surface area contributed by atoms with E-state index in [1.165, 1.54) is 0 Å². The number of likely N-dealkylation sites (N-methyl/N-ethyl adjacent to an activating group) is 1. The fourth-order valence-corrected chi connectivity index (χ4v) is 6.14. The molecule has 0 amide bonds. The summed E-state index contributed by atoms with van der Waals surface area (Å²) in [4.78, 5) is 15.3. The smallest absolute Gasteiger partial charge is 0.139 e. The van der Waals surface area contributed by atoms with Gasteiger partial charge in [0.1, 0.15) is 5.82 Å². The Morgan fingerprint density at radius 1 is 0.585 bits per heavy atom. The molecule has 0 atom stereocenters. The van der Waals surface area contributed by atoms with Crippen LogP contribution in [0, 0.1) is 0 Å². The predicted octanol–water partition coefficient (Wildman–Crippen LogP) is 8.84. The lowest BCUT2D eigenvalue weighted by Crippen LogP contribution is -2.45. The molecule has 1 aliphatic rings. The Balaban J connectivity index is 1.61. The van der Waals surface area contributed by atoms with E-state index in [4.69, 9.17) is 33.2 Å². The fraction of sp³-hybridized carbons (Fsp3) is 0.143. The van der Waals surface area contributed by atoms with Gasteiger partial charge >= 0.3 is 0 Å². The van der Waals surface area contributed by atoms with Crippen molar-refractivity contribution in [3.8, 4) is 33.5 Å². The van der Waals surface area contributed by atoms with Gasteiger partial charge in [-0.15, -0.1) is 0 Å². The van der Waals surface area contributed by atoms with E-state index in [2.05, 4.69) is 89.6 Å². The van der Waals surface area contributed by atoms with Gasteiger partial charge in [-0.3, -0.25) is 0 Å². The number of benzene rings is 4. The molecule has 0 bridgehead atoms. The number of fused-ring (bicyclic) bond motifs is 2. The van der Waals surface area contributed by atoms with E-state index in [1.807, 2.05) is 30.3 Å². The van der Waals surface area contributed by atoms with Gasteiger partial charge in [0.2, 0.25) is 0 Å². The van der Waals surface area contributed by atoms with Crippen molar-refractivity contribution in [2.24, 2.45) is 0 Å². The van der Waals surface area contributed by atoms with Crippen LogP contribution in [-0.4, -0.2) is 48.1 Å². The van der Waals surface area contributed by atoms with Gasteiger partial charge in [-0.25, -0.2) is 9.97 Å². The lowest BCUT2D eigenvalue weighted by molar-refractivity contribution is 0.312. The highest BCUT2D eigenvalue weighted by atomic mass is 35.5. The van der Waals surface area contributed by atoms with Gasteiger partial charge in [-0.1, -0.05) is 96.0 Å². The molecular weight excluding hydrogens is 547 g/mol. The number of nitrogens with zero attached hydrogens (tertiary/aromatic N) is 4. The Hall–Kier alpha value is -3.96. The molecule has 0 unspecified atom stereocenters. The Kier molecular flexibility index (Phi) is 6.83. The second-order valence-electron chi connectivity index (χ2n) is 10.6. The van der Waals surface area contributed by atoms with E-state index in [0.29, 0.717) is 10.0 Å². The maximum Gasteiger partial charge on any atom is 0.139 e. The molecule has 0 spiro atoms. The minimum Gasteiger partial charge on any atom is -0.353 e. The van der Waals surface area contributed by atoms with Gasteiger partial charge in [-0.2, -0.15) is 0 Å². The van der Waals surface area contributed by atoms with Crippen LogP contribution in [0.1, 0.15) is 0 Å². The Morgan fingerprint density at radius 2 is 1.17 bits per heavy atom. The molecule has 3 heterocycles. The first-order chi connectivity index (χ1) is 20.0. The van der Waals surface area contributed by atoms with E-state index < -0.39 is 0 Å². The van der Waals surface area contributed by atoms with Crippen LogP contribution in [0.25, 0.3) is 55.3 Å². The first-order valence-electron chi connectivity index (χ1n) is 13.8. The Bertz CT molecular complexity index is 1880. The van der Waals surface area contributed by atoms with E-state index in [9.17, 15) is 0 Å². The van der Waals surface area contributed by atoms with Crippen LogP contribution in [-0.2, 0) is 0 Å². The van der Waals surface area contributed by atoms with Crippen LogP contribution in [0.4, 0.5) is 5.82 Å². The quantitative estimate of drug-likeness (QED) is 0.210. The first-order valence-corrected chi connectivity index (χ1v) is 14.6. The van der Waals surface area contributed by atoms with Crippen molar-refractivity contribution in [3.05, 3.63) is 113 Å². The molecular formula is C35H28Cl2N4. The van der Waals surface area contributed by atoms with Crippen LogP contribution in [0.2, 0.25) is 10.0 Å². The van der Waals surface area contributed by atoms with E-state index >= 15 is 0 Å².